The first-order valence-corrected chi connectivity index (χ1v) is 14.2. The van der Waals surface area contributed by atoms with Crippen LogP contribution in [-0.4, -0.2) is 45.4 Å². The summed E-state index contributed by atoms with van der Waals surface area (Å²) < 4.78 is 38.7. The maximum Gasteiger partial charge on any atom is 0.348 e. The number of sulfonamides is 1. The minimum Gasteiger partial charge on any atom is -0.494 e. The number of esters is 1. The van der Waals surface area contributed by atoms with Crippen LogP contribution < -0.4 is 10.1 Å². The van der Waals surface area contributed by atoms with E-state index in [0.29, 0.717) is 39.1 Å². The lowest BCUT2D eigenvalue weighted by Gasteiger charge is -2.20. The Balaban J connectivity index is 1.57. The summed E-state index contributed by atoms with van der Waals surface area (Å²) in [5.74, 6) is -0.306. The molecule has 8 nitrogen and oxygen atoms in total. The largest absolute Gasteiger partial charge is 0.494 e. The van der Waals surface area contributed by atoms with Gasteiger partial charge >= 0.3 is 5.97 Å². The Morgan fingerprint density at radius 3 is 2.45 bits per heavy atom. The van der Waals surface area contributed by atoms with Crippen molar-refractivity contribution in [1.29, 1.82) is 0 Å². The van der Waals surface area contributed by atoms with Crippen molar-refractivity contribution in [2.75, 3.05) is 26.1 Å². The summed E-state index contributed by atoms with van der Waals surface area (Å²) in [6.07, 6.45) is 0. The Kier molecular flexibility index (Phi) is 8.37. The van der Waals surface area contributed by atoms with Crippen LogP contribution in [0.3, 0.4) is 0 Å². The second kappa shape index (κ2) is 11.5. The first kappa shape index (κ1) is 27.6. The average Bonchev–Trinajstić information content (AvgIpc) is 3.33. The van der Waals surface area contributed by atoms with Gasteiger partial charge in [-0.3, -0.25) is 4.79 Å². The number of nitrogens with zero attached hydrogens (tertiary/aromatic N) is 1. The molecule has 1 N–H and O–H groups in total. The van der Waals surface area contributed by atoms with E-state index in [2.05, 4.69) is 5.32 Å². The molecule has 4 aromatic rings. The standard InChI is InChI=1S/C27H25ClN2O6S2/c1-4-36-23-11-5-17(13-19(23)16-30(2)38(33,34)22-9-6-20(28)7-10-22)26(31)29-21-8-12-24-18(14-21)15-25(37-24)27(32)35-3/h5-15H,4,16H2,1-3H3,(H,29,31). The quantitative estimate of drug-likeness (QED) is 0.254. The van der Waals surface area contributed by atoms with Crippen molar-refractivity contribution in [3.8, 4) is 5.75 Å². The third kappa shape index (κ3) is 5.99. The second-order valence-electron chi connectivity index (χ2n) is 8.28. The zero-order chi connectivity index (χ0) is 27.4. The molecule has 0 bridgehead atoms. The van der Waals surface area contributed by atoms with Gasteiger partial charge in [0.15, 0.2) is 0 Å². The van der Waals surface area contributed by atoms with E-state index in [1.54, 1.807) is 36.4 Å². The van der Waals surface area contributed by atoms with Gasteiger partial charge in [-0.15, -0.1) is 11.3 Å². The van der Waals surface area contributed by atoms with E-state index in [-0.39, 0.29) is 17.3 Å². The van der Waals surface area contributed by atoms with E-state index in [4.69, 9.17) is 21.1 Å². The topological polar surface area (TPSA) is 102 Å². The number of ether oxygens (including phenoxy) is 2. The van der Waals surface area contributed by atoms with Gasteiger partial charge in [0.25, 0.3) is 5.91 Å². The van der Waals surface area contributed by atoms with E-state index in [1.165, 1.54) is 54.1 Å². The van der Waals surface area contributed by atoms with E-state index in [1.807, 2.05) is 13.0 Å². The minimum atomic E-state index is -3.81. The van der Waals surface area contributed by atoms with Crippen LogP contribution in [0.1, 0.15) is 32.5 Å². The Hall–Kier alpha value is -3.44. The summed E-state index contributed by atoms with van der Waals surface area (Å²) >= 11 is 7.21. The molecule has 0 unspecified atom stereocenters. The fourth-order valence-corrected chi connectivity index (χ4v) is 6.01. The molecular weight excluding hydrogens is 548 g/mol. The summed E-state index contributed by atoms with van der Waals surface area (Å²) in [6.45, 7) is 2.18. The maximum absolute atomic E-state index is 13.1. The first-order chi connectivity index (χ1) is 18.1. The van der Waals surface area contributed by atoms with Gasteiger partial charge in [-0.05, 0) is 79.0 Å². The van der Waals surface area contributed by atoms with Gasteiger partial charge in [0.1, 0.15) is 10.6 Å². The molecule has 198 valence electrons. The number of hydrogen-bond acceptors (Lipinski definition) is 7. The molecule has 0 radical (unpaired) electrons. The molecule has 0 saturated carbocycles. The van der Waals surface area contributed by atoms with E-state index < -0.39 is 16.0 Å². The van der Waals surface area contributed by atoms with Gasteiger partial charge in [0.2, 0.25) is 10.0 Å². The van der Waals surface area contributed by atoms with Gasteiger partial charge in [-0.2, -0.15) is 4.31 Å². The molecule has 0 atom stereocenters. The monoisotopic (exact) mass is 572 g/mol. The molecule has 0 spiro atoms. The van der Waals surface area contributed by atoms with Crippen molar-refractivity contribution in [2.45, 2.75) is 18.4 Å². The molecular formula is C27H25ClN2O6S2. The number of hydrogen-bond donors (Lipinski definition) is 1. The summed E-state index contributed by atoms with van der Waals surface area (Å²) in [5.41, 5.74) is 1.42. The molecule has 1 aromatic heterocycles. The summed E-state index contributed by atoms with van der Waals surface area (Å²) in [6, 6.07) is 17.9. The number of carbonyl (C=O) groups excluding carboxylic acids is 2. The van der Waals surface area contributed by atoms with Crippen molar-refractivity contribution in [3.63, 3.8) is 0 Å². The molecule has 0 saturated heterocycles. The molecule has 11 heteroatoms. The molecule has 1 heterocycles. The first-order valence-electron chi connectivity index (χ1n) is 11.5. The molecule has 0 aliphatic rings. The van der Waals surface area contributed by atoms with Crippen molar-refractivity contribution in [1.82, 2.24) is 4.31 Å². The fraction of sp³-hybridized carbons (Fsp3) is 0.185. The number of fused-ring (bicyclic) bond motifs is 1. The smallest absolute Gasteiger partial charge is 0.348 e. The third-order valence-electron chi connectivity index (χ3n) is 5.70. The van der Waals surface area contributed by atoms with E-state index in [9.17, 15) is 18.0 Å². The highest BCUT2D eigenvalue weighted by atomic mass is 35.5. The molecule has 0 aliphatic heterocycles. The molecule has 3 aromatic carbocycles. The highest BCUT2D eigenvalue weighted by molar-refractivity contribution is 7.89. The number of methoxy groups -OCH3 is 1. The third-order valence-corrected chi connectivity index (χ3v) is 8.86. The van der Waals surface area contributed by atoms with Crippen molar-refractivity contribution >= 4 is 60.6 Å². The molecule has 38 heavy (non-hydrogen) atoms. The second-order valence-corrected chi connectivity index (χ2v) is 11.8. The maximum atomic E-state index is 13.1. The lowest BCUT2D eigenvalue weighted by atomic mass is 10.1. The van der Waals surface area contributed by atoms with E-state index in [0.717, 1.165) is 10.1 Å². The lowest BCUT2D eigenvalue weighted by molar-refractivity contribution is 0.0606. The van der Waals surface area contributed by atoms with Crippen LogP contribution in [0.5, 0.6) is 5.75 Å². The van der Waals surface area contributed by atoms with Crippen molar-refractivity contribution < 1.29 is 27.5 Å². The van der Waals surface area contributed by atoms with Gasteiger partial charge < -0.3 is 14.8 Å². The van der Waals surface area contributed by atoms with Crippen LogP contribution in [0.15, 0.2) is 71.6 Å². The molecule has 0 aliphatic carbocycles. The van der Waals surface area contributed by atoms with Crippen LogP contribution in [0.4, 0.5) is 5.69 Å². The Morgan fingerprint density at radius 1 is 1.03 bits per heavy atom. The normalized spacial score (nSPS) is 11.5. The predicted molar refractivity (Wildman–Crippen MR) is 149 cm³/mol. The number of rotatable bonds is 9. The number of carbonyl (C=O) groups is 2. The van der Waals surface area contributed by atoms with Crippen LogP contribution in [0.25, 0.3) is 10.1 Å². The van der Waals surface area contributed by atoms with Gasteiger partial charge in [0, 0.05) is 40.1 Å². The number of amides is 1. The highest BCUT2D eigenvalue weighted by Gasteiger charge is 2.23. The highest BCUT2D eigenvalue weighted by Crippen LogP contribution is 2.30. The number of benzene rings is 3. The van der Waals surface area contributed by atoms with Crippen LogP contribution in [0.2, 0.25) is 5.02 Å². The van der Waals surface area contributed by atoms with E-state index >= 15 is 0 Å². The van der Waals surface area contributed by atoms with Gasteiger partial charge in [-0.1, -0.05) is 11.6 Å². The van der Waals surface area contributed by atoms with Crippen molar-refractivity contribution in [3.05, 3.63) is 87.8 Å². The Labute approximate surface area is 229 Å². The molecule has 0 fully saturated rings. The number of nitrogens with one attached hydrogen (secondary N) is 1. The fourth-order valence-electron chi connectivity index (χ4n) is 3.78. The zero-order valence-corrected chi connectivity index (χ0v) is 23.2. The minimum absolute atomic E-state index is 0.0153. The Bertz CT molecular complexity index is 1600. The molecule has 1 amide bonds. The van der Waals surface area contributed by atoms with Gasteiger partial charge in [-0.25, -0.2) is 13.2 Å². The number of halogens is 1. The van der Waals surface area contributed by atoms with Crippen molar-refractivity contribution in [2.24, 2.45) is 0 Å². The zero-order valence-electron chi connectivity index (χ0n) is 20.9. The number of anilines is 1. The van der Waals surface area contributed by atoms with Gasteiger partial charge in [0.05, 0.1) is 18.6 Å². The summed E-state index contributed by atoms with van der Waals surface area (Å²) in [7, 11) is -1.02. The average molecular weight is 573 g/mol. The number of thiophene rings is 1. The molecule has 4 rings (SSSR count). The SMILES string of the molecule is CCOc1ccc(C(=O)Nc2ccc3sc(C(=O)OC)cc3c2)cc1CN(C)S(=O)(=O)c1ccc(Cl)cc1. The predicted octanol–water partition coefficient (Wildman–Crippen LogP) is 5.81. The summed E-state index contributed by atoms with van der Waals surface area (Å²) in [5, 5.41) is 4.10. The van der Waals surface area contributed by atoms with Crippen LogP contribution in [0, 0.1) is 0 Å². The Morgan fingerprint density at radius 2 is 1.76 bits per heavy atom. The van der Waals surface area contributed by atoms with Crippen LogP contribution >= 0.6 is 22.9 Å². The van der Waals surface area contributed by atoms with Crippen LogP contribution in [-0.2, 0) is 21.3 Å². The lowest BCUT2D eigenvalue weighted by Crippen LogP contribution is -2.27. The summed E-state index contributed by atoms with van der Waals surface area (Å²) in [4.78, 5) is 25.5.